The molecule has 2 aromatic rings. The van der Waals surface area contributed by atoms with Crippen molar-refractivity contribution >= 4 is 18.0 Å². The van der Waals surface area contributed by atoms with Gasteiger partial charge in [-0.25, -0.2) is 5.43 Å². The van der Waals surface area contributed by atoms with Crippen LogP contribution in [-0.4, -0.2) is 31.7 Å². The first-order valence-corrected chi connectivity index (χ1v) is 6.46. The number of ether oxygens (including phenoxy) is 1. The number of benzene rings is 1. The van der Waals surface area contributed by atoms with E-state index >= 15 is 0 Å². The highest BCUT2D eigenvalue weighted by Crippen LogP contribution is 2.09. The van der Waals surface area contributed by atoms with E-state index in [-0.39, 0.29) is 12.3 Å². The van der Waals surface area contributed by atoms with Gasteiger partial charge in [0.05, 0.1) is 26.1 Å². The topological polar surface area (TPSA) is 92.9 Å². The molecule has 22 heavy (non-hydrogen) atoms. The van der Waals surface area contributed by atoms with Gasteiger partial charge in [0.15, 0.2) is 5.76 Å². The Balaban J connectivity index is 1.75. The minimum Gasteiger partial charge on any atom is -0.497 e. The molecule has 1 aromatic heterocycles. The van der Waals surface area contributed by atoms with Gasteiger partial charge in [0.2, 0.25) is 0 Å². The summed E-state index contributed by atoms with van der Waals surface area (Å²) in [4.78, 5) is 23.0. The Morgan fingerprint density at radius 2 is 2.05 bits per heavy atom. The lowest BCUT2D eigenvalue weighted by molar-refractivity contribution is -0.120. The lowest BCUT2D eigenvalue weighted by Gasteiger charge is -2.02. The summed E-state index contributed by atoms with van der Waals surface area (Å²) in [5.41, 5.74) is 3.12. The summed E-state index contributed by atoms with van der Waals surface area (Å²) >= 11 is 0. The zero-order valence-corrected chi connectivity index (χ0v) is 11.9. The van der Waals surface area contributed by atoms with E-state index < -0.39 is 11.8 Å². The van der Waals surface area contributed by atoms with Gasteiger partial charge in [-0.05, 0) is 42.0 Å². The van der Waals surface area contributed by atoms with Gasteiger partial charge in [-0.2, -0.15) is 5.10 Å². The molecule has 0 aliphatic carbocycles. The van der Waals surface area contributed by atoms with E-state index in [2.05, 4.69) is 15.8 Å². The number of nitrogens with zero attached hydrogens (tertiary/aromatic N) is 1. The molecule has 114 valence electrons. The second kappa shape index (κ2) is 7.63. The van der Waals surface area contributed by atoms with Gasteiger partial charge >= 0.3 is 0 Å². The zero-order chi connectivity index (χ0) is 15.8. The molecule has 0 spiro atoms. The van der Waals surface area contributed by atoms with Gasteiger partial charge in [0, 0.05) is 0 Å². The maximum Gasteiger partial charge on any atom is 0.287 e. The summed E-state index contributed by atoms with van der Waals surface area (Å²) in [6.45, 7) is -0.195. The van der Waals surface area contributed by atoms with Crippen molar-refractivity contribution in [3.8, 4) is 5.75 Å². The number of hydrazone groups is 1. The minimum atomic E-state index is -0.459. The number of amides is 2. The quantitative estimate of drug-likeness (QED) is 0.618. The van der Waals surface area contributed by atoms with Gasteiger partial charge in [0.25, 0.3) is 11.8 Å². The number of hydrogen-bond donors (Lipinski definition) is 2. The summed E-state index contributed by atoms with van der Waals surface area (Å²) in [6, 6.07) is 10.3. The molecule has 0 atom stereocenters. The van der Waals surface area contributed by atoms with Crippen molar-refractivity contribution in [3.63, 3.8) is 0 Å². The second-order valence-corrected chi connectivity index (χ2v) is 4.23. The number of carbonyl (C=O) groups excluding carboxylic acids is 2. The summed E-state index contributed by atoms with van der Waals surface area (Å²) in [6.07, 6.45) is 2.87. The maximum absolute atomic E-state index is 11.5. The highest BCUT2D eigenvalue weighted by molar-refractivity contribution is 5.94. The number of rotatable bonds is 6. The van der Waals surface area contributed by atoms with E-state index in [4.69, 9.17) is 9.15 Å². The molecule has 7 nitrogen and oxygen atoms in total. The molecule has 0 radical (unpaired) electrons. The Hall–Kier alpha value is -3.09. The molecule has 0 bridgehead atoms. The molecule has 1 aromatic carbocycles. The monoisotopic (exact) mass is 301 g/mol. The highest BCUT2D eigenvalue weighted by Gasteiger charge is 2.09. The van der Waals surface area contributed by atoms with Crippen molar-refractivity contribution in [1.82, 2.24) is 10.7 Å². The second-order valence-electron chi connectivity index (χ2n) is 4.23. The van der Waals surface area contributed by atoms with E-state index in [0.29, 0.717) is 0 Å². The van der Waals surface area contributed by atoms with Gasteiger partial charge < -0.3 is 14.5 Å². The summed E-state index contributed by atoms with van der Waals surface area (Å²) in [5, 5.41) is 6.21. The van der Waals surface area contributed by atoms with Crippen LogP contribution in [0.1, 0.15) is 16.1 Å². The third-order valence-electron chi connectivity index (χ3n) is 2.67. The molecular formula is C15H15N3O4. The first-order chi connectivity index (χ1) is 10.7. The van der Waals surface area contributed by atoms with Gasteiger partial charge in [0.1, 0.15) is 5.75 Å². The molecule has 0 fully saturated rings. The molecule has 2 N–H and O–H groups in total. The van der Waals surface area contributed by atoms with Crippen LogP contribution in [0.3, 0.4) is 0 Å². The molecule has 0 aliphatic rings. The third-order valence-corrected chi connectivity index (χ3v) is 2.67. The Kier molecular flexibility index (Phi) is 5.31. The molecule has 2 amide bonds. The molecule has 0 saturated heterocycles. The van der Waals surface area contributed by atoms with Crippen molar-refractivity contribution in [2.75, 3.05) is 13.7 Å². The Morgan fingerprint density at radius 3 is 2.68 bits per heavy atom. The Labute approximate surface area is 127 Å². The van der Waals surface area contributed by atoms with Crippen LogP contribution in [0.2, 0.25) is 0 Å². The number of carbonyl (C=O) groups is 2. The van der Waals surface area contributed by atoms with Crippen LogP contribution >= 0.6 is 0 Å². The van der Waals surface area contributed by atoms with Gasteiger partial charge in [-0.15, -0.1) is 0 Å². The summed E-state index contributed by atoms with van der Waals surface area (Å²) < 4.78 is 9.94. The largest absolute Gasteiger partial charge is 0.497 e. The zero-order valence-electron chi connectivity index (χ0n) is 11.9. The minimum absolute atomic E-state index is 0.148. The fourth-order valence-electron chi connectivity index (χ4n) is 1.56. The SMILES string of the molecule is COc1ccc(/C=N\NC(=O)CNC(=O)c2ccco2)cc1. The molecule has 0 aliphatic heterocycles. The standard InChI is InChI=1S/C15H15N3O4/c1-21-12-6-4-11(5-7-12)9-17-18-14(19)10-16-15(20)13-3-2-8-22-13/h2-9H,10H2,1H3,(H,16,20)(H,18,19)/b17-9-. The fourth-order valence-corrected chi connectivity index (χ4v) is 1.56. The van der Waals surface area contributed by atoms with Crippen LogP contribution < -0.4 is 15.5 Å². The van der Waals surface area contributed by atoms with E-state index in [1.54, 1.807) is 37.4 Å². The first kappa shape index (κ1) is 15.3. The Morgan fingerprint density at radius 1 is 1.27 bits per heavy atom. The molecule has 0 unspecified atom stereocenters. The van der Waals surface area contributed by atoms with E-state index in [9.17, 15) is 9.59 Å². The van der Waals surface area contributed by atoms with E-state index in [1.165, 1.54) is 18.5 Å². The lowest BCUT2D eigenvalue weighted by Crippen LogP contribution is -2.34. The highest BCUT2D eigenvalue weighted by atomic mass is 16.5. The Bertz CT molecular complexity index is 648. The predicted molar refractivity (Wildman–Crippen MR) is 79.8 cm³/mol. The number of methoxy groups -OCH3 is 1. The normalized spacial score (nSPS) is 10.4. The van der Waals surface area contributed by atoms with Crippen molar-refractivity contribution in [1.29, 1.82) is 0 Å². The van der Waals surface area contributed by atoms with Crippen LogP contribution in [0.15, 0.2) is 52.2 Å². The smallest absolute Gasteiger partial charge is 0.287 e. The van der Waals surface area contributed by atoms with Crippen LogP contribution in [0, 0.1) is 0 Å². The van der Waals surface area contributed by atoms with E-state index in [0.717, 1.165) is 11.3 Å². The van der Waals surface area contributed by atoms with Crippen molar-refractivity contribution in [2.24, 2.45) is 5.10 Å². The summed E-state index contributed by atoms with van der Waals surface area (Å²) in [5.74, 6) is -0.0136. The predicted octanol–water partition coefficient (Wildman–Crippen LogP) is 1.17. The van der Waals surface area contributed by atoms with Crippen molar-refractivity contribution in [2.45, 2.75) is 0 Å². The lowest BCUT2D eigenvalue weighted by atomic mass is 10.2. The first-order valence-electron chi connectivity index (χ1n) is 6.46. The molecule has 2 rings (SSSR count). The average molecular weight is 301 g/mol. The van der Waals surface area contributed by atoms with Crippen LogP contribution in [-0.2, 0) is 4.79 Å². The molecular weight excluding hydrogens is 286 g/mol. The summed E-state index contributed by atoms with van der Waals surface area (Å²) in [7, 11) is 1.58. The van der Waals surface area contributed by atoms with Crippen molar-refractivity contribution < 1.29 is 18.7 Å². The maximum atomic E-state index is 11.5. The molecule has 0 saturated carbocycles. The fraction of sp³-hybridized carbons (Fsp3) is 0.133. The van der Waals surface area contributed by atoms with E-state index in [1.807, 2.05) is 0 Å². The number of nitrogens with one attached hydrogen (secondary N) is 2. The number of furan rings is 1. The van der Waals surface area contributed by atoms with Gasteiger partial charge in [-0.3, -0.25) is 9.59 Å². The average Bonchev–Trinajstić information content (AvgIpc) is 3.08. The van der Waals surface area contributed by atoms with Crippen molar-refractivity contribution in [3.05, 3.63) is 54.0 Å². The number of hydrogen-bond acceptors (Lipinski definition) is 5. The molecule has 7 heteroatoms. The third kappa shape index (κ3) is 4.48. The van der Waals surface area contributed by atoms with Crippen LogP contribution in [0.5, 0.6) is 5.75 Å². The van der Waals surface area contributed by atoms with Gasteiger partial charge in [-0.1, -0.05) is 0 Å². The molecule has 1 heterocycles. The van der Waals surface area contributed by atoms with Crippen LogP contribution in [0.4, 0.5) is 0 Å². The van der Waals surface area contributed by atoms with Crippen LogP contribution in [0.25, 0.3) is 0 Å².